The lowest BCUT2D eigenvalue weighted by atomic mass is 10.1. The van der Waals surface area contributed by atoms with Crippen LogP contribution >= 0.6 is 0 Å². The van der Waals surface area contributed by atoms with Crippen LogP contribution in [0.3, 0.4) is 0 Å². The van der Waals surface area contributed by atoms with Gasteiger partial charge in [0.15, 0.2) is 0 Å². The zero-order valence-corrected chi connectivity index (χ0v) is 12.9. The Morgan fingerprint density at radius 1 is 1.19 bits per heavy atom. The smallest absolute Gasteiger partial charge is 0.241 e. The lowest BCUT2D eigenvalue weighted by Gasteiger charge is -2.18. The molecule has 2 aromatic carbocycles. The fourth-order valence-electron chi connectivity index (χ4n) is 3.09. The number of fused-ring (bicyclic) bond motifs is 1. The zero-order valence-electron chi connectivity index (χ0n) is 12.0. The number of benzene rings is 2. The van der Waals surface area contributed by atoms with Crippen LogP contribution in [0, 0.1) is 5.92 Å². The standard InChI is InChI=1S/C16H20N2O2S/c1-11-4-2-6-15(11)18-21(19,20)16-7-3-5-12-10-13(17)8-9-14(12)16/h3,5,7-11,15,18H,2,4,6,17H2,1H3. The Balaban J connectivity index is 2.02. The van der Waals surface area contributed by atoms with Crippen LogP contribution in [0.2, 0.25) is 0 Å². The van der Waals surface area contributed by atoms with Gasteiger partial charge in [0.2, 0.25) is 10.0 Å². The van der Waals surface area contributed by atoms with Crippen LogP contribution < -0.4 is 10.5 Å². The summed E-state index contributed by atoms with van der Waals surface area (Å²) in [7, 11) is -3.51. The lowest BCUT2D eigenvalue weighted by molar-refractivity contribution is 0.477. The molecule has 0 heterocycles. The van der Waals surface area contributed by atoms with E-state index in [1.165, 1.54) is 0 Å². The van der Waals surface area contributed by atoms with Crippen molar-refractivity contribution in [1.29, 1.82) is 0 Å². The molecule has 0 aliphatic heterocycles. The van der Waals surface area contributed by atoms with Gasteiger partial charge < -0.3 is 5.73 Å². The minimum absolute atomic E-state index is 0.0408. The summed E-state index contributed by atoms with van der Waals surface area (Å²) in [6.45, 7) is 2.10. The third-order valence-corrected chi connectivity index (χ3v) is 5.87. The second kappa shape index (κ2) is 5.31. The highest BCUT2D eigenvalue weighted by Gasteiger charge is 2.29. The SMILES string of the molecule is CC1CCCC1NS(=O)(=O)c1cccc2cc(N)ccc12. The van der Waals surface area contributed by atoms with Gasteiger partial charge in [0, 0.05) is 17.1 Å². The average Bonchev–Trinajstić information content (AvgIpc) is 2.82. The van der Waals surface area contributed by atoms with Crippen molar-refractivity contribution < 1.29 is 8.42 Å². The Kier molecular flexibility index (Phi) is 3.63. The number of hydrogen-bond acceptors (Lipinski definition) is 3. The van der Waals surface area contributed by atoms with Gasteiger partial charge in [-0.25, -0.2) is 13.1 Å². The van der Waals surface area contributed by atoms with E-state index in [1.54, 1.807) is 30.3 Å². The number of nitrogen functional groups attached to an aromatic ring is 1. The predicted molar refractivity (Wildman–Crippen MR) is 85.5 cm³/mol. The third kappa shape index (κ3) is 2.76. The van der Waals surface area contributed by atoms with Crippen molar-refractivity contribution >= 4 is 26.5 Å². The Bertz CT molecular complexity index is 771. The first-order valence-electron chi connectivity index (χ1n) is 7.28. The summed E-state index contributed by atoms with van der Waals surface area (Å²) in [5.74, 6) is 0.394. The van der Waals surface area contributed by atoms with Gasteiger partial charge in [-0.05, 0) is 42.3 Å². The summed E-state index contributed by atoms with van der Waals surface area (Å²) in [6, 6.07) is 10.6. The maximum Gasteiger partial charge on any atom is 0.241 e. The molecule has 3 rings (SSSR count). The molecular weight excluding hydrogens is 284 g/mol. The number of rotatable bonds is 3. The van der Waals surface area contributed by atoms with Gasteiger partial charge in [0.05, 0.1) is 4.90 Å². The molecule has 2 aromatic rings. The number of hydrogen-bond donors (Lipinski definition) is 2. The molecule has 2 atom stereocenters. The van der Waals surface area contributed by atoms with Gasteiger partial charge in [-0.1, -0.05) is 31.5 Å². The van der Waals surface area contributed by atoms with E-state index in [-0.39, 0.29) is 6.04 Å². The molecule has 0 radical (unpaired) electrons. The van der Waals surface area contributed by atoms with E-state index in [0.717, 1.165) is 24.6 Å². The first-order valence-corrected chi connectivity index (χ1v) is 8.76. The van der Waals surface area contributed by atoms with Crippen molar-refractivity contribution in [1.82, 2.24) is 4.72 Å². The molecule has 112 valence electrons. The fourth-order valence-corrected chi connectivity index (χ4v) is 4.70. The monoisotopic (exact) mass is 304 g/mol. The molecular formula is C16H20N2O2S. The largest absolute Gasteiger partial charge is 0.399 e. The van der Waals surface area contributed by atoms with Crippen molar-refractivity contribution in [2.45, 2.75) is 37.1 Å². The van der Waals surface area contributed by atoms with E-state index in [1.807, 2.05) is 6.07 Å². The first kappa shape index (κ1) is 14.4. The summed E-state index contributed by atoms with van der Waals surface area (Å²) >= 11 is 0. The molecule has 5 heteroatoms. The Labute approximate surface area is 125 Å². The number of nitrogens with one attached hydrogen (secondary N) is 1. The van der Waals surface area contributed by atoms with Crippen LogP contribution in [0.1, 0.15) is 26.2 Å². The van der Waals surface area contributed by atoms with Crippen molar-refractivity contribution in [3.8, 4) is 0 Å². The number of anilines is 1. The summed E-state index contributed by atoms with van der Waals surface area (Å²) in [5, 5.41) is 1.56. The topological polar surface area (TPSA) is 72.2 Å². The molecule has 0 bridgehead atoms. The van der Waals surface area contributed by atoms with E-state index in [2.05, 4.69) is 11.6 Å². The molecule has 3 N–H and O–H groups in total. The molecule has 0 aromatic heterocycles. The maximum absolute atomic E-state index is 12.7. The van der Waals surface area contributed by atoms with E-state index >= 15 is 0 Å². The van der Waals surface area contributed by atoms with E-state index < -0.39 is 10.0 Å². The van der Waals surface area contributed by atoms with E-state index in [4.69, 9.17) is 5.73 Å². The highest BCUT2D eigenvalue weighted by Crippen LogP contribution is 2.29. The van der Waals surface area contributed by atoms with Crippen LogP contribution in [0.15, 0.2) is 41.3 Å². The fraction of sp³-hybridized carbons (Fsp3) is 0.375. The van der Waals surface area contributed by atoms with Crippen LogP contribution in [-0.2, 0) is 10.0 Å². The number of sulfonamides is 1. The molecule has 1 saturated carbocycles. The van der Waals surface area contributed by atoms with Crippen LogP contribution in [-0.4, -0.2) is 14.5 Å². The summed E-state index contributed by atoms with van der Waals surface area (Å²) in [4.78, 5) is 0.333. The summed E-state index contributed by atoms with van der Waals surface area (Å²) < 4.78 is 28.2. The first-order chi connectivity index (χ1) is 9.97. The highest BCUT2D eigenvalue weighted by atomic mass is 32.2. The molecule has 0 saturated heterocycles. The molecule has 1 aliphatic rings. The van der Waals surface area contributed by atoms with Gasteiger partial charge in [-0.2, -0.15) is 0 Å². The van der Waals surface area contributed by atoms with Gasteiger partial charge in [-0.15, -0.1) is 0 Å². The van der Waals surface area contributed by atoms with Crippen molar-refractivity contribution in [3.63, 3.8) is 0 Å². The second-order valence-corrected chi connectivity index (χ2v) is 7.56. The van der Waals surface area contributed by atoms with Gasteiger partial charge in [-0.3, -0.25) is 0 Å². The van der Waals surface area contributed by atoms with Crippen molar-refractivity contribution in [3.05, 3.63) is 36.4 Å². The highest BCUT2D eigenvalue weighted by molar-refractivity contribution is 7.89. The summed E-state index contributed by atoms with van der Waals surface area (Å²) in [5.41, 5.74) is 6.40. The predicted octanol–water partition coefficient (Wildman–Crippen LogP) is 2.89. The molecule has 0 amide bonds. The van der Waals surface area contributed by atoms with Gasteiger partial charge in [0.25, 0.3) is 0 Å². The van der Waals surface area contributed by atoms with Crippen LogP contribution in [0.5, 0.6) is 0 Å². The Hall–Kier alpha value is -1.59. The van der Waals surface area contributed by atoms with Crippen molar-refractivity contribution in [2.24, 2.45) is 5.92 Å². The normalized spacial score (nSPS) is 22.7. The molecule has 4 nitrogen and oxygen atoms in total. The lowest BCUT2D eigenvalue weighted by Crippen LogP contribution is -2.36. The van der Waals surface area contributed by atoms with E-state index in [0.29, 0.717) is 21.9 Å². The quantitative estimate of drug-likeness (QED) is 0.856. The van der Waals surface area contributed by atoms with Gasteiger partial charge >= 0.3 is 0 Å². The Morgan fingerprint density at radius 3 is 2.71 bits per heavy atom. The second-order valence-electron chi connectivity index (χ2n) is 5.87. The maximum atomic E-state index is 12.7. The van der Waals surface area contributed by atoms with Crippen LogP contribution in [0.4, 0.5) is 5.69 Å². The minimum Gasteiger partial charge on any atom is -0.399 e. The molecule has 2 unspecified atom stereocenters. The van der Waals surface area contributed by atoms with Crippen LogP contribution in [0.25, 0.3) is 10.8 Å². The number of nitrogens with two attached hydrogens (primary N) is 1. The minimum atomic E-state index is -3.51. The van der Waals surface area contributed by atoms with Crippen molar-refractivity contribution in [2.75, 3.05) is 5.73 Å². The van der Waals surface area contributed by atoms with E-state index in [9.17, 15) is 8.42 Å². The average molecular weight is 304 g/mol. The summed E-state index contributed by atoms with van der Waals surface area (Å²) in [6.07, 6.45) is 3.08. The molecule has 1 fully saturated rings. The molecule has 21 heavy (non-hydrogen) atoms. The molecule has 0 spiro atoms. The van der Waals surface area contributed by atoms with Gasteiger partial charge in [0.1, 0.15) is 0 Å². The third-order valence-electron chi connectivity index (χ3n) is 4.32. The Morgan fingerprint density at radius 2 is 2.00 bits per heavy atom. The zero-order chi connectivity index (χ0) is 15.0. The molecule has 1 aliphatic carbocycles.